The number of nitrogens with two attached hydrogens (primary N) is 1. The van der Waals surface area contributed by atoms with E-state index < -0.39 is 78.4 Å². The van der Waals surface area contributed by atoms with Crippen molar-refractivity contribution in [2.24, 2.45) is 17.6 Å². The molecule has 2 saturated carbocycles. The molecule has 0 radical (unpaired) electrons. The van der Waals surface area contributed by atoms with Crippen LogP contribution in [-0.4, -0.2) is 112 Å². The molecule has 0 spiro atoms. The third-order valence-corrected chi connectivity index (χ3v) is 16.3. The van der Waals surface area contributed by atoms with Crippen LogP contribution in [0.15, 0.2) is 109 Å². The number of hydrogen-bond acceptors (Lipinski definition) is 10. The fourth-order valence-electron chi connectivity index (χ4n) is 12.3. The molecule has 11 N–H and O–H groups in total. The number of fused-ring (bicyclic) bond motifs is 4. The van der Waals surface area contributed by atoms with Crippen molar-refractivity contribution >= 4 is 58.5 Å². The molecule has 0 saturated heterocycles. The number of amides is 6. The summed E-state index contributed by atoms with van der Waals surface area (Å²) in [6.45, 7) is 0.453. The smallest absolute Gasteiger partial charge is 0.407 e. The first-order valence-electron chi connectivity index (χ1n) is 29.0. The predicted molar refractivity (Wildman–Crippen MR) is 309 cm³/mol. The second-order valence-corrected chi connectivity index (χ2v) is 22.3. The van der Waals surface area contributed by atoms with E-state index in [1.807, 2.05) is 85.1 Å². The number of rotatable bonds is 28. The Morgan fingerprint density at radius 3 is 1.71 bits per heavy atom. The van der Waals surface area contributed by atoms with Gasteiger partial charge in [-0.25, -0.2) is 4.79 Å². The highest BCUT2D eigenvalue weighted by molar-refractivity contribution is 5.87. The third kappa shape index (κ3) is 17.0. The molecular weight excluding hydrogens is 1040 g/mol. The van der Waals surface area contributed by atoms with Crippen molar-refractivity contribution < 1.29 is 53.3 Å². The minimum atomic E-state index is -1.19. The number of hydrogen-bond donors (Lipinski definition) is 10. The fraction of sp³-hybridized carbons (Fsp3) is 0.460. The minimum Gasteiger partial charge on any atom is -0.481 e. The van der Waals surface area contributed by atoms with Crippen LogP contribution < -0.4 is 37.6 Å². The number of aromatic amines is 1. The van der Waals surface area contributed by atoms with Crippen LogP contribution in [0, 0.1) is 11.8 Å². The van der Waals surface area contributed by atoms with E-state index in [2.05, 4.69) is 61.2 Å². The Balaban J connectivity index is 0.897. The lowest BCUT2D eigenvalue weighted by Crippen LogP contribution is -2.52. The topological polar surface area (TPSA) is 300 Å². The number of carboxylic acid groups (broad SMARTS) is 2. The van der Waals surface area contributed by atoms with Gasteiger partial charge in [-0.1, -0.05) is 123 Å². The maximum Gasteiger partial charge on any atom is 0.407 e. The summed E-state index contributed by atoms with van der Waals surface area (Å²) in [5.41, 5.74) is 13.1. The maximum absolute atomic E-state index is 14.5. The molecule has 0 aliphatic heterocycles. The van der Waals surface area contributed by atoms with Crippen LogP contribution in [0.1, 0.15) is 131 Å². The summed E-state index contributed by atoms with van der Waals surface area (Å²) in [4.78, 5) is 110. The number of para-hydroxylation sites is 1. The SMILES string of the molecule is NCCC[C@@H](CC(=O)N[C@H]1CCCC[C@@H]1C(=O)N[C@H](CC(=O)N[C@@H](CCC(=O)O)CC(=O)O)Cc1ccccc1)NC(=O)C[C@H](Cc1c[nH]c2ccccc12)NC(=O)[C@H]1CCCC[C@@H]1NC(=O)OCC1c2ccccc2-c2ccccc21. The summed E-state index contributed by atoms with van der Waals surface area (Å²) in [6, 6.07) is 29.3. The van der Waals surface area contributed by atoms with Gasteiger partial charge in [-0.2, -0.15) is 0 Å². The van der Waals surface area contributed by atoms with Gasteiger partial charge in [0.05, 0.1) is 18.3 Å². The Bertz CT molecular complexity index is 2980. The van der Waals surface area contributed by atoms with Gasteiger partial charge in [0.25, 0.3) is 0 Å². The summed E-state index contributed by atoms with van der Waals surface area (Å²) in [6.07, 6.45) is 6.69. The van der Waals surface area contributed by atoms with Crippen LogP contribution in [0.2, 0.25) is 0 Å². The molecule has 1 heterocycles. The molecule has 0 unspecified atom stereocenters. The summed E-state index contributed by atoms with van der Waals surface area (Å²) in [5.74, 6) is -5.57. The maximum atomic E-state index is 14.5. The molecule has 0 bridgehead atoms. The third-order valence-electron chi connectivity index (χ3n) is 16.3. The summed E-state index contributed by atoms with van der Waals surface area (Å²) >= 11 is 0. The van der Waals surface area contributed by atoms with E-state index in [0.717, 1.165) is 70.0 Å². The van der Waals surface area contributed by atoms with Gasteiger partial charge in [0.15, 0.2) is 0 Å². The molecule has 2 fully saturated rings. The monoisotopic (exact) mass is 1120 g/mol. The zero-order chi connectivity index (χ0) is 58.0. The first-order valence-corrected chi connectivity index (χ1v) is 29.0. The summed E-state index contributed by atoms with van der Waals surface area (Å²) in [7, 11) is 0. The van der Waals surface area contributed by atoms with Crippen molar-refractivity contribution in [3.63, 3.8) is 0 Å². The number of H-pyrrole nitrogens is 1. The Morgan fingerprint density at radius 2 is 1.10 bits per heavy atom. The first-order chi connectivity index (χ1) is 39.7. The number of alkyl carbamates (subject to hydrolysis) is 1. The molecule has 1 aromatic heterocycles. The number of carbonyl (C=O) groups excluding carboxylic acids is 6. The van der Waals surface area contributed by atoms with Crippen LogP contribution in [0.5, 0.6) is 0 Å². The molecule has 3 aliphatic carbocycles. The van der Waals surface area contributed by atoms with E-state index in [9.17, 15) is 48.6 Å². The van der Waals surface area contributed by atoms with Crippen molar-refractivity contribution in [3.05, 3.63) is 132 Å². The molecule has 5 aromatic rings. The Morgan fingerprint density at radius 1 is 0.561 bits per heavy atom. The highest BCUT2D eigenvalue weighted by Gasteiger charge is 2.37. The Labute approximate surface area is 478 Å². The molecule has 6 amide bonds. The molecular formula is C63H78N8O11. The van der Waals surface area contributed by atoms with Gasteiger partial charge < -0.3 is 57.6 Å². The van der Waals surface area contributed by atoms with E-state index in [1.165, 1.54) is 0 Å². The minimum absolute atomic E-state index is 0.0802. The quantitative estimate of drug-likeness (QED) is 0.0244. The van der Waals surface area contributed by atoms with Gasteiger partial charge in [-0.3, -0.25) is 33.6 Å². The van der Waals surface area contributed by atoms with Gasteiger partial charge >= 0.3 is 18.0 Å². The second kappa shape index (κ2) is 29.6. The van der Waals surface area contributed by atoms with E-state index in [-0.39, 0.29) is 74.7 Å². The molecule has 436 valence electrons. The lowest BCUT2D eigenvalue weighted by atomic mass is 9.83. The van der Waals surface area contributed by atoms with E-state index in [0.29, 0.717) is 51.5 Å². The standard InChI is InChI=1S/C63H78N8O11/c64-30-14-17-41(33-58(74)70-54-26-12-9-23-50(54)61(79)68-43(31-39-15-2-1-3-16-39)34-56(72)67-42(36-60(77)78)28-29-59(75)76)66-57(73)35-44(32-40-37-65-53-25-11-8-18-45(40)53)69-62(80)51-24-10-13-27-55(51)71-63(81)82-38-52-48-21-6-4-19-46(48)47-20-5-7-22-49(47)52/h1-8,11,15-16,18-22,25,37,41-44,50-52,54-55,65H,9-10,12-14,17,23-24,26-36,38,64H2,(H,66,73)(H,67,72)(H,68,79)(H,69,80)(H,70,74)(H,71,81)(H,75,76)(H,77,78)/t41-,42-,43-,44-,50-,51-,54-,55-/m0/s1. The zero-order valence-corrected chi connectivity index (χ0v) is 46.4. The van der Waals surface area contributed by atoms with Gasteiger partial charge in [-0.05, 0) is 104 Å². The lowest BCUT2D eigenvalue weighted by Gasteiger charge is -2.33. The first kappa shape index (κ1) is 60.0. The van der Waals surface area contributed by atoms with Gasteiger partial charge in [0.2, 0.25) is 29.5 Å². The molecule has 3 aliphatic rings. The average molecular weight is 1120 g/mol. The zero-order valence-electron chi connectivity index (χ0n) is 46.4. The van der Waals surface area contributed by atoms with Crippen LogP contribution in [0.25, 0.3) is 22.0 Å². The average Bonchev–Trinajstić information content (AvgIpc) is 4.23. The number of ether oxygens (including phenoxy) is 1. The van der Waals surface area contributed by atoms with Crippen LogP contribution >= 0.6 is 0 Å². The highest BCUT2D eigenvalue weighted by atomic mass is 16.5. The van der Waals surface area contributed by atoms with Crippen molar-refractivity contribution in [1.29, 1.82) is 0 Å². The normalized spacial score (nSPS) is 19.0. The highest BCUT2D eigenvalue weighted by Crippen LogP contribution is 2.44. The van der Waals surface area contributed by atoms with Crippen molar-refractivity contribution in [1.82, 2.24) is 36.9 Å². The van der Waals surface area contributed by atoms with Crippen molar-refractivity contribution in [2.75, 3.05) is 13.2 Å². The van der Waals surface area contributed by atoms with Gasteiger partial charge in [-0.15, -0.1) is 0 Å². The van der Waals surface area contributed by atoms with E-state index in [1.54, 1.807) is 0 Å². The van der Waals surface area contributed by atoms with E-state index >= 15 is 0 Å². The number of carboxylic acids is 2. The number of benzene rings is 4. The molecule has 8 rings (SSSR count). The lowest BCUT2D eigenvalue weighted by molar-refractivity contribution is -0.140. The second-order valence-electron chi connectivity index (χ2n) is 22.3. The van der Waals surface area contributed by atoms with Gasteiger partial charge in [0, 0.05) is 85.0 Å². The van der Waals surface area contributed by atoms with Crippen LogP contribution in [0.4, 0.5) is 4.79 Å². The molecule has 8 atom stereocenters. The molecule has 19 nitrogen and oxygen atoms in total. The molecule has 4 aromatic carbocycles. The van der Waals surface area contributed by atoms with Gasteiger partial charge in [0.1, 0.15) is 6.61 Å². The largest absolute Gasteiger partial charge is 0.481 e. The summed E-state index contributed by atoms with van der Waals surface area (Å²) < 4.78 is 5.91. The van der Waals surface area contributed by atoms with Crippen molar-refractivity contribution in [2.45, 2.75) is 158 Å². The number of carbonyl (C=O) groups is 8. The summed E-state index contributed by atoms with van der Waals surface area (Å²) in [5, 5.41) is 37.7. The van der Waals surface area contributed by atoms with Crippen LogP contribution in [0.3, 0.4) is 0 Å². The predicted octanol–water partition coefficient (Wildman–Crippen LogP) is 6.91. The Hall–Kier alpha value is -8.06. The number of nitrogens with one attached hydrogen (secondary N) is 7. The Kier molecular flexibility index (Phi) is 21.7. The van der Waals surface area contributed by atoms with Crippen LogP contribution in [-0.2, 0) is 51.1 Å². The fourth-order valence-corrected chi connectivity index (χ4v) is 12.3. The van der Waals surface area contributed by atoms with Crippen molar-refractivity contribution in [3.8, 4) is 11.1 Å². The van der Waals surface area contributed by atoms with E-state index in [4.69, 9.17) is 10.5 Å². The molecule has 82 heavy (non-hydrogen) atoms. The number of aromatic nitrogens is 1. The number of aliphatic carboxylic acids is 2. The molecule has 19 heteroatoms.